The fourth-order valence-electron chi connectivity index (χ4n) is 1.22. The number of ether oxygens (including phenoxy) is 1. The van der Waals surface area contributed by atoms with Crippen LogP contribution in [0.25, 0.3) is 0 Å². The lowest BCUT2D eigenvalue weighted by Crippen LogP contribution is -2.08. The van der Waals surface area contributed by atoms with E-state index in [2.05, 4.69) is 20.6 Å². The monoisotopic (exact) mass is 210 g/mol. The smallest absolute Gasteiger partial charge is 0.131 e. The van der Waals surface area contributed by atoms with E-state index in [4.69, 9.17) is 4.74 Å². The predicted octanol–water partition coefficient (Wildman–Crippen LogP) is 1.28. The molecule has 0 saturated heterocycles. The molecule has 2 N–H and O–H groups in total. The molecular formula is C10H18N4O. The Labute approximate surface area is 90.3 Å². The molecule has 5 heteroatoms. The van der Waals surface area contributed by atoms with Gasteiger partial charge in [-0.25, -0.2) is 9.97 Å². The molecule has 84 valence electrons. The van der Waals surface area contributed by atoms with E-state index in [1.807, 2.05) is 20.0 Å². The summed E-state index contributed by atoms with van der Waals surface area (Å²) >= 11 is 0. The minimum atomic E-state index is 0.760. The molecule has 0 amide bonds. The van der Waals surface area contributed by atoms with Crippen LogP contribution in [0.4, 0.5) is 11.6 Å². The molecule has 5 nitrogen and oxygen atoms in total. The molecule has 0 bridgehead atoms. The van der Waals surface area contributed by atoms with Gasteiger partial charge in [-0.2, -0.15) is 0 Å². The number of hydrogen-bond acceptors (Lipinski definition) is 5. The number of anilines is 2. The summed E-state index contributed by atoms with van der Waals surface area (Å²) in [6, 6.07) is 1.89. The van der Waals surface area contributed by atoms with Crippen molar-refractivity contribution in [1.29, 1.82) is 0 Å². The Morgan fingerprint density at radius 1 is 1.33 bits per heavy atom. The van der Waals surface area contributed by atoms with Gasteiger partial charge in [0, 0.05) is 33.4 Å². The van der Waals surface area contributed by atoms with Crippen LogP contribution in [0.15, 0.2) is 6.07 Å². The third-order valence-electron chi connectivity index (χ3n) is 1.93. The summed E-state index contributed by atoms with van der Waals surface area (Å²) in [5, 5.41) is 6.22. The Morgan fingerprint density at radius 3 is 2.73 bits per heavy atom. The van der Waals surface area contributed by atoms with Crippen LogP contribution in [0.3, 0.4) is 0 Å². The molecule has 0 fully saturated rings. The zero-order valence-corrected chi connectivity index (χ0v) is 9.50. The number of aryl methyl sites for hydroxylation is 1. The Balaban J connectivity index is 2.49. The number of nitrogens with one attached hydrogen (secondary N) is 2. The van der Waals surface area contributed by atoms with Gasteiger partial charge < -0.3 is 15.4 Å². The lowest BCUT2D eigenvalue weighted by molar-refractivity contribution is 0.198. The van der Waals surface area contributed by atoms with Crippen molar-refractivity contribution in [3.05, 3.63) is 11.9 Å². The van der Waals surface area contributed by atoms with Crippen molar-refractivity contribution in [3.8, 4) is 0 Å². The molecule has 0 spiro atoms. The van der Waals surface area contributed by atoms with E-state index in [0.29, 0.717) is 0 Å². The molecule has 0 unspecified atom stereocenters. The second kappa shape index (κ2) is 6.19. The maximum absolute atomic E-state index is 4.96. The lowest BCUT2D eigenvalue weighted by Gasteiger charge is -2.07. The molecule has 1 aromatic heterocycles. The minimum Gasteiger partial charge on any atom is -0.385 e. The topological polar surface area (TPSA) is 59.1 Å². The average Bonchev–Trinajstić information content (AvgIpc) is 2.23. The quantitative estimate of drug-likeness (QED) is 0.692. The number of hydrogen-bond donors (Lipinski definition) is 2. The van der Waals surface area contributed by atoms with E-state index >= 15 is 0 Å². The largest absolute Gasteiger partial charge is 0.385 e. The molecule has 1 heterocycles. The van der Waals surface area contributed by atoms with Gasteiger partial charge in [0.15, 0.2) is 0 Å². The number of methoxy groups -OCH3 is 1. The van der Waals surface area contributed by atoms with Crippen molar-refractivity contribution >= 4 is 11.6 Å². The van der Waals surface area contributed by atoms with Crippen molar-refractivity contribution in [2.24, 2.45) is 0 Å². The second-order valence-corrected chi connectivity index (χ2v) is 3.21. The van der Waals surface area contributed by atoms with Gasteiger partial charge >= 0.3 is 0 Å². The normalized spacial score (nSPS) is 10.1. The molecule has 0 radical (unpaired) electrons. The van der Waals surface area contributed by atoms with Gasteiger partial charge in [0.05, 0.1) is 0 Å². The zero-order valence-electron chi connectivity index (χ0n) is 9.50. The van der Waals surface area contributed by atoms with Crippen LogP contribution in [-0.2, 0) is 4.74 Å². The third kappa shape index (κ3) is 4.12. The fraction of sp³-hybridized carbons (Fsp3) is 0.600. The van der Waals surface area contributed by atoms with E-state index < -0.39 is 0 Å². The van der Waals surface area contributed by atoms with Crippen LogP contribution in [-0.4, -0.2) is 37.3 Å². The van der Waals surface area contributed by atoms with Crippen LogP contribution in [0.2, 0.25) is 0 Å². The molecule has 1 aromatic rings. The lowest BCUT2D eigenvalue weighted by atomic mass is 10.4. The zero-order chi connectivity index (χ0) is 11.1. The highest BCUT2D eigenvalue weighted by atomic mass is 16.5. The predicted molar refractivity (Wildman–Crippen MR) is 61.3 cm³/mol. The first-order valence-corrected chi connectivity index (χ1v) is 5.02. The van der Waals surface area contributed by atoms with Crippen molar-refractivity contribution < 1.29 is 4.74 Å². The number of nitrogens with zero attached hydrogens (tertiary/aromatic N) is 2. The average molecular weight is 210 g/mol. The standard InChI is InChI=1S/C10H18N4O/c1-8-13-9(11-2)7-10(14-8)12-5-4-6-15-3/h7H,4-6H2,1-3H3,(H2,11,12,13,14). The van der Waals surface area contributed by atoms with Crippen LogP contribution in [0, 0.1) is 6.92 Å². The van der Waals surface area contributed by atoms with Gasteiger partial charge in [0.1, 0.15) is 17.5 Å². The van der Waals surface area contributed by atoms with Crippen LogP contribution >= 0.6 is 0 Å². The van der Waals surface area contributed by atoms with Gasteiger partial charge in [-0.15, -0.1) is 0 Å². The number of rotatable bonds is 6. The molecule has 1 rings (SSSR count). The highest BCUT2D eigenvalue weighted by Gasteiger charge is 1.99. The third-order valence-corrected chi connectivity index (χ3v) is 1.93. The summed E-state index contributed by atoms with van der Waals surface area (Å²) < 4.78 is 4.96. The van der Waals surface area contributed by atoms with E-state index in [0.717, 1.165) is 37.0 Å². The molecular weight excluding hydrogens is 192 g/mol. The molecule has 0 atom stereocenters. The maximum atomic E-state index is 4.96. The Hall–Kier alpha value is -1.36. The summed E-state index contributed by atoms with van der Waals surface area (Å²) in [5.74, 6) is 2.44. The van der Waals surface area contributed by atoms with Gasteiger partial charge in [0.2, 0.25) is 0 Å². The van der Waals surface area contributed by atoms with Crippen LogP contribution in [0.1, 0.15) is 12.2 Å². The van der Waals surface area contributed by atoms with Crippen molar-refractivity contribution in [1.82, 2.24) is 9.97 Å². The summed E-state index contributed by atoms with van der Waals surface area (Å²) in [6.45, 7) is 3.49. The molecule has 0 aliphatic rings. The van der Waals surface area contributed by atoms with E-state index in [-0.39, 0.29) is 0 Å². The Morgan fingerprint density at radius 2 is 2.07 bits per heavy atom. The SMILES string of the molecule is CNc1cc(NCCCOC)nc(C)n1. The Kier molecular flexibility index (Phi) is 4.83. The first kappa shape index (κ1) is 11.7. The summed E-state index contributed by atoms with van der Waals surface area (Å²) in [7, 11) is 3.55. The van der Waals surface area contributed by atoms with Gasteiger partial charge in [-0.3, -0.25) is 0 Å². The Bertz CT molecular complexity index is 303. The highest BCUT2D eigenvalue weighted by Crippen LogP contribution is 2.09. The second-order valence-electron chi connectivity index (χ2n) is 3.21. The summed E-state index contributed by atoms with van der Waals surface area (Å²) in [4.78, 5) is 8.49. The van der Waals surface area contributed by atoms with Crippen molar-refractivity contribution in [2.75, 3.05) is 37.9 Å². The maximum Gasteiger partial charge on any atom is 0.131 e. The summed E-state index contributed by atoms with van der Waals surface area (Å²) in [5.41, 5.74) is 0. The van der Waals surface area contributed by atoms with E-state index in [1.165, 1.54) is 0 Å². The van der Waals surface area contributed by atoms with E-state index in [9.17, 15) is 0 Å². The van der Waals surface area contributed by atoms with Gasteiger partial charge in [0.25, 0.3) is 0 Å². The molecule has 0 aliphatic heterocycles. The first-order chi connectivity index (χ1) is 7.26. The highest BCUT2D eigenvalue weighted by molar-refractivity contribution is 5.46. The van der Waals surface area contributed by atoms with Crippen molar-refractivity contribution in [3.63, 3.8) is 0 Å². The van der Waals surface area contributed by atoms with Gasteiger partial charge in [-0.1, -0.05) is 0 Å². The fourth-order valence-corrected chi connectivity index (χ4v) is 1.22. The number of aromatic nitrogens is 2. The summed E-state index contributed by atoms with van der Waals surface area (Å²) in [6.07, 6.45) is 0.967. The molecule has 0 saturated carbocycles. The minimum absolute atomic E-state index is 0.760. The molecule has 0 aliphatic carbocycles. The van der Waals surface area contributed by atoms with Crippen molar-refractivity contribution in [2.45, 2.75) is 13.3 Å². The molecule has 15 heavy (non-hydrogen) atoms. The molecule has 0 aromatic carbocycles. The van der Waals surface area contributed by atoms with Gasteiger partial charge in [-0.05, 0) is 13.3 Å². The van der Waals surface area contributed by atoms with Crippen LogP contribution in [0.5, 0.6) is 0 Å². The van der Waals surface area contributed by atoms with E-state index in [1.54, 1.807) is 7.11 Å². The van der Waals surface area contributed by atoms with Crippen LogP contribution < -0.4 is 10.6 Å². The first-order valence-electron chi connectivity index (χ1n) is 5.02.